The Bertz CT molecular complexity index is 350. The minimum atomic E-state index is -1.76. The lowest BCUT2D eigenvalue weighted by Crippen LogP contribution is -2.44. The third-order valence-electron chi connectivity index (χ3n) is 1.58. The van der Waals surface area contributed by atoms with Gasteiger partial charge in [0.25, 0.3) is 0 Å². The number of halogens is 4. The molecular weight excluding hydrogens is 296 g/mol. The highest BCUT2D eigenvalue weighted by Crippen LogP contribution is 2.31. The van der Waals surface area contributed by atoms with Gasteiger partial charge in [0.05, 0.1) is 0 Å². The van der Waals surface area contributed by atoms with E-state index in [-0.39, 0.29) is 0 Å². The predicted octanol–water partition coefficient (Wildman–Crippen LogP) is 3.16. The molecule has 0 heterocycles. The summed E-state index contributed by atoms with van der Waals surface area (Å²) >= 11 is 22.5. The van der Waals surface area contributed by atoms with E-state index in [0.717, 1.165) is 0 Å². The molecule has 0 aliphatic heterocycles. The summed E-state index contributed by atoms with van der Waals surface area (Å²) in [5, 5.41) is 2.81. The molecule has 16 heavy (non-hydrogen) atoms. The Labute approximate surface area is 113 Å². The number of ether oxygens (including phenoxy) is 1. The predicted molar refractivity (Wildman–Crippen MR) is 65.4 cm³/mol. The van der Waals surface area contributed by atoms with Crippen molar-refractivity contribution in [3.63, 3.8) is 0 Å². The monoisotopic (exact) mass is 301 g/mol. The van der Waals surface area contributed by atoms with Crippen molar-refractivity contribution >= 4 is 52.8 Å². The van der Waals surface area contributed by atoms with Crippen molar-refractivity contribution in [3.05, 3.63) is 29.3 Å². The third-order valence-corrected chi connectivity index (χ3v) is 2.43. The Kier molecular flexibility index (Phi) is 4.99. The van der Waals surface area contributed by atoms with Gasteiger partial charge in [-0.1, -0.05) is 46.4 Å². The summed E-state index contributed by atoms with van der Waals surface area (Å²) in [4.78, 5) is 10.3. The first-order chi connectivity index (χ1) is 7.43. The molecule has 0 unspecified atom stereocenters. The highest BCUT2D eigenvalue weighted by Gasteiger charge is 2.34. The maximum absolute atomic E-state index is 10.3. The van der Waals surface area contributed by atoms with Crippen LogP contribution in [0.15, 0.2) is 24.3 Å². The van der Waals surface area contributed by atoms with Gasteiger partial charge in [0, 0.05) is 5.02 Å². The SMILES string of the molecule is O=CN[C@@H](Oc1ccc(Cl)cc1)C(Cl)(Cl)Cl. The maximum Gasteiger partial charge on any atom is 0.246 e. The molecule has 1 atom stereocenters. The van der Waals surface area contributed by atoms with Crippen molar-refractivity contribution in [2.24, 2.45) is 0 Å². The van der Waals surface area contributed by atoms with Crippen LogP contribution >= 0.6 is 46.4 Å². The smallest absolute Gasteiger partial charge is 0.246 e. The number of hydrogen-bond donors (Lipinski definition) is 1. The number of nitrogens with one attached hydrogen (secondary N) is 1. The molecule has 1 N–H and O–H groups in total. The average molecular weight is 303 g/mol. The Morgan fingerprint density at radius 3 is 2.25 bits per heavy atom. The van der Waals surface area contributed by atoms with Crippen LogP contribution in [-0.4, -0.2) is 16.4 Å². The Morgan fingerprint density at radius 2 is 1.81 bits per heavy atom. The van der Waals surface area contributed by atoms with E-state index >= 15 is 0 Å². The molecule has 0 aliphatic rings. The van der Waals surface area contributed by atoms with Crippen LogP contribution in [0.5, 0.6) is 5.75 Å². The molecule has 0 saturated carbocycles. The molecule has 1 rings (SSSR count). The highest BCUT2D eigenvalue weighted by molar-refractivity contribution is 6.68. The molecule has 0 fully saturated rings. The van der Waals surface area contributed by atoms with Crippen molar-refractivity contribution in [2.75, 3.05) is 0 Å². The van der Waals surface area contributed by atoms with E-state index in [2.05, 4.69) is 5.32 Å². The van der Waals surface area contributed by atoms with Crippen LogP contribution in [0.2, 0.25) is 5.02 Å². The fourth-order valence-corrected chi connectivity index (χ4v) is 1.35. The molecule has 0 bridgehead atoms. The summed E-state index contributed by atoms with van der Waals surface area (Å²) in [7, 11) is 0. The van der Waals surface area contributed by atoms with Gasteiger partial charge >= 0.3 is 0 Å². The number of rotatable bonds is 4. The molecule has 0 aromatic heterocycles. The molecule has 0 aliphatic carbocycles. The van der Waals surface area contributed by atoms with E-state index in [1.807, 2.05) is 0 Å². The average Bonchev–Trinajstić information content (AvgIpc) is 2.19. The first-order valence-electron chi connectivity index (χ1n) is 4.12. The second-order valence-corrected chi connectivity index (χ2v) is 5.58. The Hall–Kier alpha value is -0.350. The van der Waals surface area contributed by atoms with E-state index in [4.69, 9.17) is 51.1 Å². The molecule has 3 nitrogen and oxygen atoms in total. The quantitative estimate of drug-likeness (QED) is 0.527. The lowest BCUT2D eigenvalue weighted by molar-refractivity contribution is -0.111. The van der Waals surface area contributed by atoms with Crippen molar-refractivity contribution in [1.29, 1.82) is 0 Å². The number of amides is 1. The first-order valence-corrected chi connectivity index (χ1v) is 5.63. The van der Waals surface area contributed by atoms with Gasteiger partial charge in [-0.2, -0.15) is 0 Å². The first kappa shape index (κ1) is 13.7. The second kappa shape index (κ2) is 5.82. The third kappa shape index (κ3) is 4.26. The lowest BCUT2D eigenvalue weighted by atomic mass is 10.3. The van der Waals surface area contributed by atoms with Crippen molar-refractivity contribution in [1.82, 2.24) is 5.32 Å². The van der Waals surface area contributed by atoms with Gasteiger partial charge < -0.3 is 10.1 Å². The number of hydrogen-bond acceptors (Lipinski definition) is 2. The molecule has 1 aromatic carbocycles. The summed E-state index contributed by atoms with van der Waals surface area (Å²) in [5.74, 6) is 0.426. The van der Waals surface area contributed by atoms with Gasteiger partial charge in [-0.15, -0.1) is 0 Å². The van der Waals surface area contributed by atoms with Gasteiger partial charge in [-0.3, -0.25) is 4.79 Å². The van der Waals surface area contributed by atoms with Crippen molar-refractivity contribution < 1.29 is 9.53 Å². The molecule has 0 spiro atoms. The van der Waals surface area contributed by atoms with E-state index in [1.54, 1.807) is 24.3 Å². The maximum atomic E-state index is 10.3. The fraction of sp³-hybridized carbons (Fsp3) is 0.222. The topological polar surface area (TPSA) is 38.3 Å². The largest absolute Gasteiger partial charge is 0.466 e. The van der Waals surface area contributed by atoms with Gasteiger partial charge in [-0.25, -0.2) is 0 Å². The van der Waals surface area contributed by atoms with Crippen LogP contribution in [0.25, 0.3) is 0 Å². The molecule has 7 heteroatoms. The molecule has 1 aromatic rings. The fourth-order valence-electron chi connectivity index (χ4n) is 0.906. The van der Waals surface area contributed by atoms with Crippen molar-refractivity contribution in [3.8, 4) is 5.75 Å². The zero-order valence-electron chi connectivity index (χ0n) is 7.79. The standard InChI is InChI=1S/C9H7Cl4NO2/c10-6-1-3-7(4-2-6)16-8(14-5-15)9(11,12)13/h1-5,8H,(H,14,15)/t8-/m0/s1. The number of benzene rings is 1. The molecule has 0 saturated heterocycles. The molecule has 1 amide bonds. The summed E-state index contributed by atoms with van der Waals surface area (Å²) in [5.41, 5.74) is 0. The molecule has 88 valence electrons. The van der Waals surface area contributed by atoms with E-state index in [9.17, 15) is 4.79 Å². The minimum absolute atomic E-state index is 0.391. The van der Waals surface area contributed by atoms with E-state index < -0.39 is 10.0 Å². The van der Waals surface area contributed by atoms with E-state index in [0.29, 0.717) is 17.2 Å². The molecule has 0 radical (unpaired) electrons. The van der Waals surface area contributed by atoms with Crippen LogP contribution in [-0.2, 0) is 4.79 Å². The van der Waals surface area contributed by atoms with Crippen LogP contribution in [0.3, 0.4) is 0 Å². The minimum Gasteiger partial charge on any atom is -0.466 e. The van der Waals surface area contributed by atoms with Gasteiger partial charge in [0.1, 0.15) is 5.75 Å². The van der Waals surface area contributed by atoms with Crippen LogP contribution in [0.1, 0.15) is 0 Å². The van der Waals surface area contributed by atoms with Crippen molar-refractivity contribution in [2.45, 2.75) is 10.0 Å². The zero-order chi connectivity index (χ0) is 12.2. The van der Waals surface area contributed by atoms with Gasteiger partial charge in [0.15, 0.2) is 0 Å². The second-order valence-electron chi connectivity index (χ2n) is 2.78. The number of carbonyl (C=O) groups is 1. The summed E-state index contributed by atoms with van der Waals surface area (Å²) in [6, 6.07) is 6.43. The Balaban J connectivity index is 2.75. The summed E-state index contributed by atoms with van der Waals surface area (Å²) in [6.45, 7) is 0. The van der Waals surface area contributed by atoms with Gasteiger partial charge in [-0.05, 0) is 24.3 Å². The Morgan fingerprint density at radius 1 is 1.25 bits per heavy atom. The van der Waals surface area contributed by atoms with Crippen LogP contribution in [0, 0.1) is 0 Å². The number of carbonyl (C=O) groups excluding carboxylic acids is 1. The lowest BCUT2D eigenvalue weighted by Gasteiger charge is -2.24. The highest BCUT2D eigenvalue weighted by atomic mass is 35.6. The molecular formula is C9H7Cl4NO2. The van der Waals surface area contributed by atoms with Crippen LogP contribution in [0.4, 0.5) is 0 Å². The zero-order valence-corrected chi connectivity index (χ0v) is 10.8. The van der Waals surface area contributed by atoms with Crippen LogP contribution < -0.4 is 10.1 Å². The normalized spacial score (nSPS) is 13.0. The number of alkyl halides is 3. The van der Waals surface area contributed by atoms with Gasteiger partial charge in [0.2, 0.25) is 16.4 Å². The van der Waals surface area contributed by atoms with E-state index in [1.165, 1.54) is 0 Å². The summed E-state index contributed by atoms with van der Waals surface area (Å²) < 4.78 is 3.51. The summed E-state index contributed by atoms with van der Waals surface area (Å²) in [6.07, 6.45) is -0.682.